The van der Waals surface area contributed by atoms with Gasteiger partial charge >= 0.3 is 5.97 Å². The molecule has 0 heterocycles. The van der Waals surface area contributed by atoms with E-state index >= 15 is 0 Å². The van der Waals surface area contributed by atoms with Gasteiger partial charge in [-0.2, -0.15) is 0 Å². The van der Waals surface area contributed by atoms with Crippen LogP contribution in [0.2, 0.25) is 0 Å². The summed E-state index contributed by atoms with van der Waals surface area (Å²) < 4.78 is 5.41. The van der Waals surface area contributed by atoms with E-state index in [1.807, 2.05) is 0 Å². The third-order valence-electron chi connectivity index (χ3n) is 3.00. The van der Waals surface area contributed by atoms with Crippen LogP contribution in [0, 0.1) is 0 Å². The number of unbranched alkanes of at least 4 members (excludes halogenated alkanes) is 2. The van der Waals surface area contributed by atoms with Crippen molar-refractivity contribution in [2.24, 2.45) is 0 Å². The van der Waals surface area contributed by atoms with E-state index in [9.17, 15) is 14.4 Å². The maximum absolute atomic E-state index is 11.5. The molecule has 6 heteroatoms. The fourth-order valence-corrected chi connectivity index (χ4v) is 1.80. The quantitative estimate of drug-likeness (QED) is 0.482. The highest BCUT2D eigenvalue weighted by molar-refractivity contribution is 5.76. The molecule has 6 nitrogen and oxygen atoms in total. The number of carbonyl (C=O) groups is 3. The molecule has 0 bridgehead atoms. The Morgan fingerprint density at radius 3 is 2.45 bits per heavy atom. The molecule has 0 saturated heterocycles. The summed E-state index contributed by atoms with van der Waals surface area (Å²) in [5, 5.41) is 11.2. The molecule has 0 fully saturated rings. The second kappa shape index (κ2) is 10.4. The number of aliphatic carboxylic acids is 1. The molecule has 120 valence electrons. The summed E-state index contributed by atoms with van der Waals surface area (Å²) in [4.78, 5) is 32.4. The molecule has 1 aromatic carbocycles. The molecule has 0 aliphatic heterocycles. The minimum atomic E-state index is -0.789. The van der Waals surface area contributed by atoms with Gasteiger partial charge in [0, 0.05) is 18.5 Å². The molecule has 0 spiro atoms. The fourth-order valence-electron chi connectivity index (χ4n) is 1.80. The van der Waals surface area contributed by atoms with Gasteiger partial charge in [0.05, 0.1) is 13.0 Å². The predicted octanol–water partition coefficient (Wildman–Crippen LogP) is 2.03. The normalized spacial score (nSPS) is 10.0. The molecule has 1 aromatic rings. The highest BCUT2D eigenvalue weighted by Gasteiger charge is 2.02. The number of benzene rings is 1. The summed E-state index contributed by atoms with van der Waals surface area (Å²) in [6, 6.07) is 6.67. The third-order valence-corrected chi connectivity index (χ3v) is 3.00. The van der Waals surface area contributed by atoms with Gasteiger partial charge in [-0.15, -0.1) is 0 Å². The zero-order valence-corrected chi connectivity index (χ0v) is 12.4. The van der Waals surface area contributed by atoms with E-state index in [1.165, 1.54) is 0 Å². The molecule has 1 amide bonds. The average Bonchev–Trinajstić information content (AvgIpc) is 2.51. The van der Waals surface area contributed by atoms with Crippen LogP contribution in [0.5, 0.6) is 5.75 Å². The van der Waals surface area contributed by atoms with Crippen LogP contribution in [0.4, 0.5) is 0 Å². The van der Waals surface area contributed by atoms with Crippen LogP contribution < -0.4 is 10.1 Å². The SMILES string of the molecule is O=Cc1ccc(OCCC(=O)NCCCCCC(=O)O)cc1. The van der Waals surface area contributed by atoms with Crippen molar-refractivity contribution in [3.05, 3.63) is 29.8 Å². The van der Waals surface area contributed by atoms with Crippen molar-refractivity contribution < 1.29 is 24.2 Å². The van der Waals surface area contributed by atoms with Crippen molar-refractivity contribution in [1.82, 2.24) is 5.32 Å². The summed E-state index contributed by atoms with van der Waals surface area (Å²) in [5.74, 6) is -0.267. The Kier molecular flexibility index (Phi) is 8.33. The topological polar surface area (TPSA) is 92.7 Å². The van der Waals surface area contributed by atoms with Gasteiger partial charge < -0.3 is 15.2 Å². The second-order valence-corrected chi connectivity index (χ2v) is 4.84. The summed E-state index contributed by atoms with van der Waals surface area (Å²) in [6.45, 7) is 0.817. The lowest BCUT2D eigenvalue weighted by molar-refractivity contribution is -0.137. The Hall–Kier alpha value is -2.37. The van der Waals surface area contributed by atoms with E-state index in [0.29, 0.717) is 24.3 Å². The number of carboxylic acids is 1. The van der Waals surface area contributed by atoms with Crippen LogP contribution in [-0.2, 0) is 9.59 Å². The van der Waals surface area contributed by atoms with E-state index < -0.39 is 5.97 Å². The van der Waals surface area contributed by atoms with Gasteiger partial charge in [-0.1, -0.05) is 6.42 Å². The van der Waals surface area contributed by atoms with Crippen LogP contribution in [0.3, 0.4) is 0 Å². The molecule has 0 saturated carbocycles. The van der Waals surface area contributed by atoms with Gasteiger partial charge in [0.15, 0.2) is 0 Å². The Labute approximate surface area is 129 Å². The first kappa shape index (κ1) is 17.7. The van der Waals surface area contributed by atoms with Gasteiger partial charge in [-0.05, 0) is 37.1 Å². The molecule has 2 N–H and O–H groups in total. The minimum Gasteiger partial charge on any atom is -0.493 e. The van der Waals surface area contributed by atoms with Gasteiger partial charge in [-0.25, -0.2) is 0 Å². The number of ether oxygens (including phenoxy) is 1. The second-order valence-electron chi connectivity index (χ2n) is 4.84. The van der Waals surface area contributed by atoms with E-state index in [2.05, 4.69) is 5.32 Å². The zero-order valence-electron chi connectivity index (χ0n) is 12.4. The van der Waals surface area contributed by atoms with Crippen molar-refractivity contribution in [2.45, 2.75) is 32.1 Å². The van der Waals surface area contributed by atoms with Gasteiger partial charge in [-0.3, -0.25) is 14.4 Å². The molecule has 0 aromatic heterocycles. The number of rotatable bonds is 11. The molecule has 0 aliphatic carbocycles. The molecule has 0 aliphatic rings. The number of amides is 1. The summed E-state index contributed by atoms with van der Waals surface area (Å²) >= 11 is 0. The zero-order chi connectivity index (χ0) is 16.2. The molecular formula is C16H21NO5. The van der Waals surface area contributed by atoms with Crippen molar-refractivity contribution in [3.63, 3.8) is 0 Å². The Balaban J connectivity index is 2.05. The van der Waals surface area contributed by atoms with Gasteiger partial charge in [0.2, 0.25) is 5.91 Å². The first-order chi connectivity index (χ1) is 10.6. The number of carbonyl (C=O) groups excluding carboxylic acids is 2. The summed E-state index contributed by atoms with van der Waals surface area (Å²) in [6.07, 6.45) is 3.37. The standard InChI is InChI=1S/C16H21NO5/c18-12-13-5-7-14(8-6-13)22-11-9-15(19)17-10-3-1-2-4-16(20)21/h5-8,12H,1-4,9-11H2,(H,17,19)(H,20,21). The van der Waals surface area contributed by atoms with Crippen molar-refractivity contribution >= 4 is 18.2 Å². The molecule has 0 unspecified atom stereocenters. The van der Waals surface area contributed by atoms with Gasteiger partial charge in [0.1, 0.15) is 12.0 Å². The number of carboxylic acid groups (broad SMARTS) is 1. The van der Waals surface area contributed by atoms with Crippen LogP contribution in [0.25, 0.3) is 0 Å². The van der Waals surface area contributed by atoms with Crippen LogP contribution in [0.15, 0.2) is 24.3 Å². The monoisotopic (exact) mass is 307 g/mol. The smallest absolute Gasteiger partial charge is 0.303 e. The molecule has 1 rings (SSSR count). The Morgan fingerprint density at radius 2 is 1.82 bits per heavy atom. The third kappa shape index (κ3) is 8.04. The molecule has 22 heavy (non-hydrogen) atoms. The number of aldehydes is 1. The predicted molar refractivity (Wildman–Crippen MR) is 81.1 cm³/mol. The van der Waals surface area contributed by atoms with E-state index in [1.54, 1.807) is 24.3 Å². The highest BCUT2D eigenvalue weighted by atomic mass is 16.5. The highest BCUT2D eigenvalue weighted by Crippen LogP contribution is 2.11. The maximum atomic E-state index is 11.5. The Bertz CT molecular complexity index is 484. The fraction of sp³-hybridized carbons (Fsp3) is 0.438. The van der Waals surface area contributed by atoms with E-state index in [4.69, 9.17) is 9.84 Å². The van der Waals surface area contributed by atoms with Crippen molar-refractivity contribution in [3.8, 4) is 5.75 Å². The Morgan fingerprint density at radius 1 is 1.09 bits per heavy atom. The summed E-state index contributed by atoms with van der Waals surface area (Å²) in [5.41, 5.74) is 0.577. The lowest BCUT2D eigenvalue weighted by atomic mass is 10.2. The average molecular weight is 307 g/mol. The van der Waals surface area contributed by atoms with Gasteiger partial charge in [0.25, 0.3) is 0 Å². The number of nitrogens with one attached hydrogen (secondary N) is 1. The van der Waals surface area contributed by atoms with Crippen molar-refractivity contribution in [1.29, 1.82) is 0 Å². The lowest BCUT2D eigenvalue weighted by Gasteiger charge is -2.07. The van der Waals surface area contributed by atoms with Crippen LogP contribution in [0.1, 0.15) is 42.5 Å². The first-order valence-corrected chi connectivity index (χ1v) is 7.28. The maximum Gasteiger partial charge on any atom is 0.303 e. The lowest BCUT2D eigenvalue weighted by Crippen LogP contribution is -2.25. The molecule has 0 radical (unpaired) electrons. The first-order valence-electron chi connectivity index (χ1n) is 7.28. The van der Waals surface area contributed by atoms with Crippen molar-refractivity contribution in [2.75, 3.05) is 13.2 Å². The molecule has 0 atom stereocenters. The van der Waals surface area contributed by atoms with E-state index in [0.717, 1.165) is 19.1 Å². The largest absolute Gasteiger partial charge is 0.493 e. The summed E-state index contributed by atoms with van der Waals surface area (Å²) in [7, 11) is 0. The van der Waals surface area contributed by atoms with E-state index in [-0.39, 0.29) is 25.4 Å². The number of hydrogen-bond donors (Lipinski definition) is 2. The number of hydrogen-bond acceptors (Lipinski definition) is 4. The minimum absolute atomic E-state index is 0.0947. The van der Waals surface area contributed by atoms with Crippen LogP contribution >= 0.6 is 0 Å². The van der Waals surface area contributed by atoms with Crippen LogP contribution in [-0.4, -0.2) is 36.4 Å². The molecular weight excluding hydrogens is 286 g/mol.